The van der Waals surface area contributed by atoms with Gasteiger partial charge in [0.25, 0.3) is 0 Å². The fraction of sp³-hybridized carbons (Fsp3) is 0.933. The van der Waals surface area contributed by atoms with Crippen molar-refractivity contribution in [2.75, 3.05) is 13.2 Å². The van der Waals surface area contributed by atoms with Gasteiger partial charge >= 0.3 is 5.97 Å². The highest BCUT2D eigenvalue weighted by Crippen LogP contribution is 2.36. The average Bonchev–Trinajstić information content (AvgIpc) is 2.93. The molecule has 2 aliphatic rings. The maximum Gasteiger partial charge on any atom is 0.320 e. The number of carboxylic acid groups (broad SMARTS) is 1. The monoisotopic (exact) mass is 429 g/mol. The van der Waals surface area contributed by atoms with Crippen LogP contribution in [-0.2, 0) is 19.0 Å². The van der Waals surface area contributed by atoms with Gasteiger partial charge in [-0.2, -0.15) is 0 Å². The minimum absolute atomic E-state index is 0.581. The van der Waals surface area contributed by atoms with E-state index in [4.69, 9.17) is 25.1 Å². The van der Waals surface area contributed by atoms with Gasteiger partial charge in [-0.15, -0.1) is 0 Å². The lowest BCUT2D eigenvalue weighted by molar-refractivity contribution is -0.319. The van der Waals surface area contributed by atoms with Gasteiger partial charge in [-0.25, -0.2) is 0 Å². The molecule has 0 saturated carbocycles. The highest BCUT2D eigenvalue weighted by atomic mass is 16.7. The summed E-state index contributed by atoms with van der Waals surface area (Å²) in [6.45, 7) is -1.88. The van der Waals surface area contributed by atoms with Crippen molar-refractivity contribution in [1.29, 1.82) is 0 Å². The molecule has 0 aromatic rings. The number of hydrogen-bond donors (Lipinski definition) is 10. The third-order valence-corrected chi connectivity index (χ3v) is 5.00. The molecule has 0 radical (unpaired) electrons. The number of hydrogen-bond acceptors (Lipinski definition) is 13. The summed E-state index contributed by atoms with van der Waals surface area (Å²) in [7, 11) is 0. The molecule has 0 amide bonds. The van der Waals surface area contributed by atoms with Crippen molar-refractivity contribution in [2.24, 2.45) is 5.73 Å². The molecule has 29 heavy (non-hydrogen) atoms. The number of nitrogens with two attached hydrogens (primary N) is 1. The SMILES string of the molecule is NC(C[C@H](O)C1O[C@](O)(CO)[C@@H](O)[C@@H]1OC1OC(CO)[C@@H](O)[C@H](O)[C@H]1O)C(=O)O. The zero-order chi connectivity index (χ0) is 22.1. The summed E-state index contributed by atoms with van der Waals surface area (Å²) in [6.07, 6.45) is -16.0. The fourth-order valence-electron chi connectivity index (χ4n) is 3.22. The molecule has 11 N–H and O–H groups in total. The normalized spacial score (nSPS) is 45.1. The van der Waals surface area contributed by atoms with E-state index in [9.17, 15) is 45.6 Å². The largest absolute Gasteiger partial charge is 0.480 e. The van der Waals surface area contributed by atoms with Crippen LogP contribution in [0.15, 0.2) is 0 Å². The number of aliphatic hydroxyl groups is 8. The number of carboxylic acids is 1. The van der Waals surface area contributed by atoms with Crippen molar-refractivity contribution in [3.8, 4) is 0 Å². The summed E-state index contributed by atoms with van der Waals surface area (Å²) in [5, 5.41) is 87.9. The first-order valence-electron chi connectivity index (χ1n) is 8.78. The molecule has 11 atom stereocenters. The van der Waals surface area contributed by atoms with E-state index in [1.807, 2.05) is 0 Å². The molecule has 2 heterocycles. The summed E-state index contributed by atoms with van der Waals surface area (Å²) < 4.78 is 15.6. The molecular formula is C15H27NO13. The van der Waals surface area contributed by atoms with Crippen molar-refractivity contribution >= 4 is 5.97 Å². The van der Waals surface area contributed by atoms with E-state index in [2.05, 4.69) is 0 Å². The molecule has 0 aromatic carbocycles. The smallest absolute Gasteiger partial charge is 0.320 e. The third-order valence-electron chi connectivity index (χ3n) is 5.00. The maximum atomic E-state index is 10.9. The Labute approximate surface area is 164 Å². The number of ether oxygens (including phenoxy) is 3. The van der Waals surface area contributed by atoms with E-state index >= 15 is 0 Å². The van der Waals surface area contributed by atoms with E-state index in [1.54, 1.807) is 0 Å². The summed E-state index contributed by atoms with van der Waals surface area (Å²) >= 11 is 0. The quantitative estimate of drug-likeness (QED) is 0.172. The zero-order valence-corrected chi connectivity index (χ0v) is 15.1. The molecular weight excluding hydrogens is 402 g/mol. The van der Waals surface area contributed by atoms with E-state index < -0.39 is 92.6 Å². The average molecular weight is 429 g/mol. The van der Waals surface area contributed by atoms with Crippen LogP contribution in [0, 0.1) is 0 Å². The van der Waals surface area contributed by atoms with Crippen molar-refractivity contribution in [1.82, 2.24) is 0 Å². The van der Waals surface area contributed by atoms with E-state index in [0.29, 0.717) is 0 Å². The van der Waals surface area contributed by atoms with E-state index in [1.165, 1.54) is 0 Å². The maximum absolute atomic E-state index is 10.9. The molecule has 170 valence electrons. The highest BCUT2D eigenvalue weighted by Gasteiger charge is 2.58. The van der Waals surface area contributed by atoms with Gasteiger partial charge in [-0.1, -0.05) is 0 Å². The Morgan fingerprint density at radius 3 is 2.28 bits per heavy atom. The predicted molar refractivity (Wildman–Crippen MR) is 87.8 cm³/mol. The minimum Gasteiger partial charge on any atom is -0.480 e. The van der Waals surface area contributed by atoms with Crippen LogP contribution in [0.2, 0.25) is 0 Å². The first-order valence-corrected chi connectivity index (χ1v) is 8.78. The summed E-state index contributed by atoms with van der Waals surface area (Å²) in [4.78, 5) is 10.9. The second-order valence-electron chi connectivity index (χ2n) is 7.08. The molecule has 2 saturated heterocycles. The Hall–Kier alpha value is -1.01. The first-order chi connectivity index (χ1) is 13.5. The second-order valence-corrected chi connectivity index (χ2v) is 7.08. The molecule has 4 unspecified atom stereocenters. The van der Waals surface area contributed by atoms with Gasteiger partial charge in [0, 0.05) is 6.42 Å². The lowest BCUT2D eigenvalue weighted by atomic mass is 9.97. The molecule has 0 aromatic heterocycles. The Bertz CT molecular complexity index is 564. The number of aliphatic carboxylic acids is 1. The van der Waals surface area contributed by atoms with Crippen molar-refractivity contribution in [3.63, 3.8) is 0 Å². The van der Waals surface area contributed by atoms with Gasteiger partial charge in [0.2, 0.25) is 5.79 Å². The topological polar surface area (TPSA) is 253 Å². The van der Waals surface area contributed by atoms with Crippen molar-refractivity contribution < 1.29 is 65.0 Å². The van der Waals surface area contributed by atoms with E-state index in [-0.39, 0.29) is 0 Å². The van der Waals surface area contributed by atoms with Crippen LogP contribution in [-0.4, -0.2) is 132 Å². The Kier molecular flexibility index (Phi) is 7.88. The Morgan fingerprint density at radius 2 is 1.76 bits per heavy atom. The number of aliphatic hydroxyl groups excluding tert-OH is 7. The van der Waals surface area contributed by atoms with E-state index in [0.717, 1.165) is 0 Å². The van der Waals surface area contributed by atoms with Crippen LogP contribution in [0.25, 0.3) is 0 Å². The summed E-state index contributed by atoms with van der Waals surface area (Å²) in [6, 6.07) is -1.53. The van der Waals surface area contributed by atoms with Gasteiger partial charge in [0.1, 0.15) is 48.8 Å². The van der Waals surface area contributed by atoms with Crippen molar-refractivity contribution in [3.05, 3.63) is 0 Å². The molecule has 2 rings (SSSR count). The molecule has 14 nitrogen and oxygen atoms in total. The molecule has 2 fully saturated rings. The standard InChI is InChI=1S/C15H27NO13/c16-4(13(24)25)1-5(19)10-11(12(23)15(26,3-18)29-10)28-14-9(22)8(21)7(20)6(2-17)27-14/h4-12,14,17-23,26H,1-3,16H2,(H,24,25)/t4?,5-,6?,7+,8-,9+,10?,11+,12-,14?,15+/m0/s1. The number of rotatable bonds is 8. The Morgan fingerprint density at radius 1 is 1.14 bits per heavy atom. The Balaban J connectivity index is 2.22. The van der Waals surface area contributed by atoms with Crippen LogP contribution < -0.4 is 5.73 Å². The van der Waals surface area contributed by atoms with Gasteiger partial charge in [0.05, 0.1) is 19.3 Å². The fourth-order valence-corrected chi connectivity index (χ4v) is 3.22. The van der Waals surface area contributed by atoms with Gasteiger partial charge in [-0.3, -0.25) is 4.79 Å². The van der Waals surface area contributed by atoms with Gasteiger partial charge < -0.3 is 65.9 Å². The van der Waals surface area contributed by atoms with Crippen LogP contribution in [0.3, 0.4) is 0 Å². The number of carbonyl (C=O) groups is 1. The molecule has 0 bridgehead atoms. The zero-order valence-electron chi connectivity index (χ0n) is 15.1. The second kappa shape index (κ2) is 9.42. The molecule has 0 spiro atoms. The lowest BCUT2D eigenvalue weighted by Gasteiger charge is -2.41. The molecule has 2 aliphatic heterocycles. The lowest BCUT2D eigenvalue weighted by Crippen LogP contribution is -2.61. The van der Waals surface area contributed by atoms with Crippen LogP contribution in [0.5, 0.6) is 0 Å². The summed E-state index contributed by atoms with van der Waals surface area (Å²) in [5.41, 5.74) is 5.36. The highest BCUT2D eigenvalue weighted by molar-refractivity contribution is 5.73. The van der Waals surface area contributed by atoms with Crippen molar-refractivity contribution in [2.45, 2.75) is 73.4 Å². The third kappa shape index (κ3) is 4.84. The molecule has 14 heteroatoms. The van der Waals surface area contributed by atoms with Crippen LogP contribution in [0.1, 0.15) is 6.42 Å². The summed E-state index contributed by atoms with van der Waals surface area (Å²) in [5.74, 6) is -4.04. The van der Waals surface area contributed by atoms with Gasteiger partial charge in [-0.05, 0) is 0 Å². The van der Waals surface area contributed by atoms with Crippen LogP contribution >= 0.6 is 0 Å². The minimum atomic E-state index is -2.60. The van der Waals surface area contributed by atoms with Crippen LogP contribution in [0.4, 0.5) is 0 Å². The predicted octanol–water partition coefficient (Wildman–Crippen LogP) is -6.22. The first kappa shape index (κ1) is 24.3. The van der Waals surface area contributed by atoms with Gasteiger partial charge in [0.15, 0.2) is 6.29 Å². The molecule has 0 aliphatic carbocycles.